The van der Waals surface area contributed by atoms with E-state index in [0.717, 1.165) is 12.8 Å². The Morgan fingerprint density at radius 1 is 0.765 bits per heavy atom. The molecule has 2 aliphatic carbocycles. The number of hydrogen-bond acceptors (Lipinski definition) is 2. The van der Waals surface area contributed by atoms with E-state index in [1.807, 2.05) is 0 Å². The summed E-state index contributed by atoms with van der Waals surface area (Å²) in [6, 6.07) is 0.455. The molecule has 2 saturated carbocycles. The van der Waals surface area contributed by atoms with Crippen molar-refractivity contribution in [2.75, 3.05) is 0 Å². The molecule has 2 nitrogen and oxygen atoms in total. The molecule has 0 N–H and O–H groups in total. The fourth-order valence-electron chi connectivity index (χ4n) is 2.93. The summed E-state index contributed by atoms with van der Waals surface area (Å²) >= 11 is 6.58. The molecular weight excluding hydrogens is 232 g/mol. The highest BCUT2D eigenvalue weighted by Crippen LogP contribution is 2.35. The molecule has 0 spiro atoms. The number of rotatable bonds is 2. The number of azo groups is 1. The van der Waals surface area contributed by atoms with Crippen LogP contribution in [0.2, 0.25) is 0 Å². The summed E-state index contributed by atoms with van der Waals surface area (Å²) in [5.41, 5.74) is 0. The molecule has 2 fully saturated rings. The third-order valence-corrected chi connectivity index (χ3v) is 4.55. The van der Waals surface area contributed by atoms with E-state index in [-0.39, 0.29) is 5.00 Å². The zero-order valence-electron chi connectivity index (χ0n) is 10.8. The van der Waals surface area contributed by atoms with E-state index in [1.165, 1.54) is 64.2 Å². The zero-order valence-corrected chi connectivity index (χ0v) is 11.6. The van der Waals surface area contributed by atoms with Crippen LogP contribution in [0.5, 0.6) is 0 Å². The van der Waals surface area contributed by atoms with Gasteiger partial charge in [-0.3, -0.25) is 0 Å². The maximum absolute atomic E-state index is 6.58. The fraction of sp³-hybridized carbons (Fsp3) is 1.00. The molecule has 0 unspecified atom stereocenters. The predicted molar refractivity (Wildman–Crippen MR) is 72.6 cm³/mol. The van der Waals surface area contributed by atoms with Crippen molar-refractivity contribution >= 4 is 11.6 Å². The number of nitrogens with zero attached hydrogens (tertiary/aromatic N) is 2. The molecule has 0 radical (unpaired) electrons. The quantitative estimate of drug-likeness (QED) is 0.272. The highest BCUT2D eigenvalue weighted by atomic mass is 35.5. The van der Waals surface area contributed by atoms with Crippen LogP contribution in [0.15, 0.2) is 10.2 Å². The smallest absolute Gasteiger partial charge is 0.154 e. The lowest BCUT2D eigenvalue weighted by atomic mass is 10.1. The van der Waals surface area contributed by atoms with Gasteiger partial charge in [0.1, 0.15) is 0 Å². The predicted octanol–water partition coefficient (Wildman–Crippen LogP) is 5.45. The van der Waals surface area contributed by atoms with Crippen molar-refractivity contribution in [2.45, 2.75) is 88.1 Å². The van der Waals surface area contributed by atoms with Gasteiger partial charge in [-0.1, -0.05) is 50.1 Å². The molecule has 0 aromatic heterocycles. The van der Waals surface area contributed by atoms with E-state index in [1.54, 1.807) is 0 Å². The first-order chi connectivity index (χ1) is 8.29. The Morgan fingerprint density at radius 2 is 1.29 bits per heavy atom. The monoisotopic (exact) mass is 256 g/mol. The molecule has 0 atom stereocenters. The van der Waals surface area contributed by atoms with Gasteiger partial charge in [0.05, 0.1) is 6.04 Å². The summed E-state index contributed by atoms with van der Waals surface area (Å²) < 4.78 is 0. The van der Waals surface area contributed by atoms with Gasteiger partial charge in [0, 0.05) is 0 Å². The van der Waals surface area contributed by atoms with Crippen molar-refractivity contribution in [3.63, 3.8) is 0 Å². The zero-order chi connectivity index (χ0) is 12.0. The van der Waals surface area contributed by atoms with Crippen LogP contribution < -0.4 is 0 Å². The summed E-state index contributed by atoms with van der Waals surface area (Å²) in [4.78, 5) is -0.358. The minimum Gasteiger partial charge on any atom is -0.189 e. The van der Waals surface area contributed by atoms with Crippen LogP contribution >= 0.6 is 11.6 Å². The maximum Gasteiger partial charge on any atom is 0.154 e. The van der Waals surface area contributed by atoms with Gasteiger partial charge in [0.2, 0.25) is 0 Å². The topological polar surface area (TPSA) is 24.7 Å². The molecule has 2 aliphatic rings. The lowest BCUT2D eigenvalue weighted by molar-refractivity contribution is 0.460. The molecule has 0 amide bonds. The molecule has 0 aromatic rings. The summed E-state index contributed by atoms with van der Waals surface area (Å²) in [5.74, 6) is 0. The van der Waals surface area contributed by atoms with Crippen molar-refractivity contribution in [1.82, 2.24) is 0 Å². The molecule has 2 rings (SSSR count). The lowest BCUT2D eigenvalue weighted by Crippen LogP contribution is -2.17. The minimum absolute atomic E-state index is 0.358. The van der Waals surface area contributed by atoms with Crippen molar-refractivity contribution in [3.05, 3.63) is 0 Å². The van der Waals surface area contributed by atoms with E-state index in [9.17, 15) is 0 Å². The van der Waals surface area contributed by atoms with Crippen LogP contribution in [-0.2, 0) is 0 Å². The van der Waals surface area contributed by atoms with Crippen molar-refractivity contribution in [1.29, 1.82) is 0 Å². The third-order valence-electron chi connectivity index (χ3n) is 4.09. The molecule has 3 heteroatoms. The van der Waals surface area contributed by atoms with Gasteiger partial charge < -0.3 is 0 Å². The Kier molecular flexibility index (Phi) is 5.27. The Bertz CT molecular complexity index is 237. The number of alkyl halides is 1. The van der Waals surface area contributed by atoms with Gasteiger partial charge in [-0.25, -0.2) is 0 Å². The lowest BCUT2D eigenvalue weighted by Gasteiger charge is -2.19. The van der Waals surface area contributed by atoms with Crippen molar-refractivity contribution < 1.29 is 0 Å². The first-order valence-electron chi connectivity index (χ1n) is 7.39. The fourth-order valence-corrected chi connectivity index (χ4v) is 3.24. The molecule has 0 heterocycles. The maximum atomic E-state index is 6.58. The van der Waals surface area contributed by atoms with Crippen LogP contribution in [0.25, 0.3) is 0 Å². The van der Waals surface area contributed by atoms with Crippen LogP contribution in [-0.4, -0.2) is 11.0 Å². The summed E-state index contributed by atoms with van der Waals surface area (Å²) in [6.07, 6.45) is 14.9. The molecule has 0 bridgehead atoms. The Hall–Kier alpha value is -0.110. The average Bonchev–Trinajstić information content (AvgIpc) is 2.69. The third kappa shape index (κ3) is 4.57. The van der Waals surface area contributed by atoms with E-state index in [4.69, 9.17) is 11.6 Å². The Morgan fingerprint density at radius 3 is 1.88 bits per heavy atom. The second-order valence-electron chi connectivity index (χ2n) is 5.69. The Balaban J connectivity index is 1.88. The normalized spacial score (nSPS) is 27.8. The van der Waals surface area contributed by atoms with Gasteiger partial charge >= 0.3 is 0 Å². The van der Waals surface area contributed by atoms with Gasteiger partial charge in [0.15, 0.2) is 5.00 Å². The summed E-state index contributed by atoms with van der Waals surface area (Å²) in [6.45, 7) is 0. The highest BCUT2D eigenvalue weighted by Gasteiger charge is 2.28. The molecule has 17 heavy (non-hydrogen) atoms. The molecular formula is C14H25ClN2. The first-order valence-corrected chi connectivity index (χ1v) is 7.77. The number of halogens is 1. The second-order valence-corrected chi connectivity index (χ2v) is 6.40. The SMILES string of the molecule is ClC1(/N=N/C2CCCCCC2)CCCCCC1. The largest absolute Gasteiger partial charge is 0.189 e. The molecule has 98 valence electrons. The van der Waals surface area contributed by atoms with E-state index < -0.39 is 0 Å². The summed E-state index contributed by atoms with van der Waals surface area (Å²) in [7, 11) is 0. The minimum atomic E-state index is -0.358. The van der Waals surface area contributed by atoms with Crippen LogP contribution in [0, 0.1) is 0 Å². The Labute approximate surface area is 110 Å². The second kappa shape index (κ2) is 6.72. The number of hydrogen-bond donors (Lipinski definition) is 0. The van der Waals surface area contributed by atoms with Crippen molar-refractivity contribution in [3.8, 4) is 0 Å². The van der Waals surface area contributed by atoms with Gasteiger partial charge in [0.25, 0.3) is 0 Å². The van der Waals surface area contributed by atoms with Crippen LogP contribution in [0.3, 0.4) is 0 Å². The van der Waals surface area contributed by atoms with Crippen molar-refractivity contribution in [2.24, 2.45) is 10.2 Å². The van der Waals surface area contributed by atoms with Gasteiger partial charge in [-0.2, -0.15) is 10.2 Å². The standard InChI is InChI=1S/C14H25ClN2/c15-14(11-7-3-4-8-12-14)17-16-13-9-5-1-2-6-10-13/h13H,1-12H2/b17-16+. The molecule has 0 saturated heterocycles. The van der Waals surface area contributed by atoms with Crippen LogP contribution in [0.4, 0.5) is 0 Å². The van der Waals surface area contributed by atoms with E-state index in [0.29, 0.717) is 6.04 Å². The highest BCUT2D eigenvalue weighted by molar-refractivity contribution is 6.23. The van der Waals surface area contributed by atoms with Gasteiger partial charge in [-0.15, -0.1) is 0 Å². The summed E-state index contributed by atoms with van der Waals surface area (Å²) in [5, 5.41) is 9.10. The van der Waals surface area contributed by atoms with E-state index >= 15 is 0 Å². The van der Waals surface area contributed by atoms with Crippen LogP contribution in [0.1, 0.15) is 77.0 Å². The average molecular weight is 257 g/mol. The molecule has 0 aliphatic heterocycles. The molecule has 0 aromatic carbocycles. The first kappa shape index (κ1) is 13.3. The van der Waals surface area contributed by atoms with Gasteiger partial charge in [-0.05, 0) is 38.5 Å². The van der Waals surface area contributed by atoms with E-state index in [2.05, 4.69) is 10.2 Å².